The van der Waals surface area contributed by atoms with E-state index < -0.39 is 7.92 Å². The summed E-state index contributed by atoms with van der Waals surface area (Å²) in [6.45, 7) is 0. The minimum atomic E-state index is -0.446. The van der Waals surface area contributed by atoms with Gasteiger partial charge in [-0.05, 0) is 30.3 Å². The van der Waals surface area contributed by atoms with Crippen molar-refractivity contribution in [3.05, 3.63) is 115 Å². The Morgan fingerprint density at radius 1 is 0.742 bits per heavy atom. The van der Waals surface area contributed by atoms with E-state index in [4.69, 9.17) is 0 Å². The predicted octanol–water partition coefficient (Wildman–Crippen LogP) is -1.50. The van der Waals surface area contributed by atoms with Crippen LogP contribution in [0, 0.1) is 0 Å². The zero-order chi connectivity index (χ0) is 19.6. The Hall–Kier alpha value is -1.51. The van der Waals surface area contributed by atoms with E-state index in [1.54, 1.807) is 6.08 Å². The number of carbonyl (C=O) groups is 1. The first-order valence-electron chi connectivity index (χ1n) is 9.19. The molecule has 0 spiro atoms. The maximum absolute atomic E-state index is 10.7. The van der Waals surface area contributed by atoms with Crippen LogP contribution in [0.3, 0.4) is 0 Å². The van der Waals surface area contributed by atoms with Crippen molar-refractivity contribution >= 4 is 29.8 Å². The number of rotatable bonds is 4. The maximum atomic E-state index is 10.7. The molecular weight excluding hydrogens is 582 g/mol. The summed E-state index contributed by atoms with van der Waals surface area (Å²) in [6, 6.07) is 32.3. The van der Waals surface area contributed by atoms with Crippen molar-refractivity contribution in [3.8, 4) is 0 Å². The van der Waals surface area contributed by atoms with E-state index in [2.05, 4.69) is 95.7 Å². The van der Waals surface area contributed by atoms with E-state index >= 15 is 0 Å². The fourth-order valence-corrected chi connectivity index (χ4v) is 5.21. The normalized spacial score (nSPS) is 11.0. The van der Waals surface area contributed by atoms with Crippen LogP contribution in [0.1, 0.15) is 6.42 Å². The van der Waals surface area contributed by atoms with Crippen LogP contribution in [-0.4, -0.2) is 13.1 Å². The second-order valence-corrected chi connectivity index (χ2v) is 8.38. The van der Waals surface area contributed by atoms with Crippen molar-refractivity contribution in [2.24, 2.45) is 0 Å². The van der Waals surface area contributed by atoms with Gasteiger partial charge in [0, 0.05) is 5.57 Å². The number of halogens is 2. The van der Waals surface area contributed by atoms with Crippen molar-refractivity contribution in [1.29, 1.82) is 0 Å². The molecule has 31 heavy (non-hydrogen) atoms. The maximum Gasteiger partial charge on any atom is 2.00 e. The summed E-state index contributed by atoms with van der Waals surface area (Å²) in [5.41, 5.74) is 0.734. The molecule has 0 radical (unpaired) electrons. The molecule has 0 atom stereocenters. The van der Waals surface area contributed by atoms with Gasteiger partial charge in [-0.15, -0.1) is 0 Å². The van der Waals surface area contributed by atoms with Crippen LogP contribution in [-0.2, 0) is 26.0 Å². The van der Waals surface area contributed by atoms with Crippen LogP contribution < -0.4 is 49.9 Å². The summed E-state index contributed by atoms with van der Waals surface area (Å²) in [6.07, 6.45) is 6.26. The van der Waals surface area contributed by atoms with E-state index in [9.17, 15) is 4.79 Å². The fraction of sp³-hybridized carbons (Fsp3) is 0.0800. The van der Waals surface area contributed by atoms with Gasteiger partial charge in [0.25, 0.3) is 0 Å². The molecule has 164 valence electrons. The van der Waals surface area contributed by atoms with Gasteiger partial charge in [-0.3, -0.25) is 0 Å². The monoisotopic (exact) mass is 602 g/mol. The molecular formula is C25H23Br2NiO2P. The Bertz CT molecular complexity index is 855. The van der Waals surface area contributed by atoms with Crippen molar-refractivity contribution in [3.63, 3.8) is 0 Å². The zero-order valence-corrected chi connectivity index (χ0v) is 22.0. The van der Waals surface area contributed by atoms with Gasteiger partial charge >= 0.3 is 22.5 Å². The average molecular weight is 605 g/mol. The van der Waals surface area contributed by atoms with E-state index in [1.165, 1.54) is 23.0 Å². The molecule has 0 aromatic heterocycles. The van der Waals surface area contributed by atoms with Gasteiger partial charge < -0.3 is 38.7 Å². The molecule has 0 aliphatic heterocycles. The first kappa shape index (κ1) is 29.5. The number of hydrogen-bond donors (Lipinski definition) is 0. The first-order valence-corrected chi connectivity index (χ1v) is 10.5. The molecule has 0 amide bonds. The molecule has 4 rings (SSSR count). The number of carbonyl (C=O) groups excluding carboxylic acids is 1. The molecule has 2 nitrogen and oxygen atoms in total. The van der Waals surface area contributed by atoms with Crippen LogP contribution >= 0.6 is 7.92 Å². The molecule has 0 unspecified atom stereocenters. The minimum Gasteiger partial charge on any atom is -1.00 e. The van der Waals surface area contributed by atoms with Gasteiger partial charge in [0.2, 0.25) is 0 Å². The van der Waals surface area contributed by atoms with Crippen LogP contribution in [0.15, 0.2) is 115 Å². The first-order chi connectivity index (χ1) is 13.8. The number of allylic oxidation sites excluding steroid dienone is 3. The molecule has 3 aromatic carbocycles. The summed E-state index contributed by atoms with van der Waals surface area (Å²) in [5, 5.41) is 4.19. The van der Waals surface area contributed by atoms with Crippen LogP contribution in [0.2, 0.25) is 0 Å². The van der Waals surface area contributed by atoms with E-state index in [0.717, 1.165) is 5.57 Å². The molecule has 3 aromatic rings. The van der Waals surface area contributed by atoms with Crippen LogP contribution in [0.5, 0.6) is 0 Å². The topological polar surface area (TPSA) is 26.3 Å². The molecule has 0 bridgehead atoms. The molecule has 0 fully saturated rings. The molecule has 1 aliphatic carbocycles. The Kier molecular flexibility index (Phi) is 15.4. The van der Waals surface area contributed by atoms with Crippen molar-refractivity contribution in [2.75, 3.05) is 7.11 Å². The second-order valence-electron chi connectivity index (χ2n) is 6.16. The van der Waals surface area contributed by atoms with Gasteiger partial charge in [-0.2, -0.15) is 0 Å². The number of esters is 1. The van der Waals surface area contributed by atoms with E-state index in [-0.39, 0.29) is 56.4 Å². The van der Waals surface area contributed by atoms with Gasteiger partial charge in [-0.25, -0.2) is 4.79 Å². The molecule has 0 heterocycles. The average Bonchev–Trinajstić information content (AvgIpc) is 3.31. The zero-order valence-electron chi connectivity index (χ0n) is 16.9. The summed E-state index contributed by atoms with van der Waals surface area (Å²) >= 11 is 0. The fourth-order valence-electron chi connectivity index (χ4n) is 2.91. The van der Waals surface area contributed by atoms with E-state index in [0.29, 0.717) is 6.42 Å². The smallest absolute Gasteiger partial charge is 1.00 e. The number of hydrogen-bond acceptors (Lipinski definition) is 2. The van der Waals surface area contributed by atoms with Gasteiger partial charge in [0.1, 0.15) is 0 Å². The Morgan fingerprint density at radius 3 is 1.42 bits per heavy atom. The summed E-state index contributed by atoms with van der Waals surface area (Å²) < 4.78 is 4.49. The van der Waals surface area contributed by atoms with Gasteiger partial charge in [0.05, 0.1) is 7.11 Å². The standard InChI is InChI=1S/C18H15P.C7H8O2.2BrH.Ni/c1-4-10-16(11-5-1)19(17-12-6-2-7-13-17)18-14-8-3-9-15-18;1-9-7(8)6-4-2-3-5-6;;;/h1-15H;2-4H,5H2,1H3;2*1H;/q;;;;+2/p-2. The summed E-state index contributed by atoms with van der Waals surface area (Å²) in [5.74, 6) is -0.222. The summed E-state index contributed by atoms with van der Waals surface area (Å²) in [7, 11) is 0.944. The largest absolute Gasteiger partial charge is 2.00 e. The van der Waals surface area contributed by atoms with Crippen LogP contribution in [0.4, 0.5) is 0 Å². The molecule has 0 saturated carbocycles. The third-order valence-electron chi connectivity index (χ3n) is 4.26. The quantitative estimate of drug-likeness (QED) is 0.206. The SMILES string of the molecule is COC(=O)C1=CC=CC1.[Br-].[Br-].[Ni+2].c1ccc(P(c2ccccc2)c2ccccc2)cc1. The van der Waals surface area contributed by atoms with Crippen molar-refractivity contribution in [2.45, 2.75) is 6.42 Å². The Labute approximate surface area is 217 Å². The summed E-state index contributed by atoms with van der Waals surface area (Å²) in [4.78, 5) is 10.7. The van der Waals surface area contributed by atoms with Gasteiger partial charge in [0.15, 0.2) is 0 Å². The number of benzene rings is 3. The number of methoxy groups -OCH3 is 1. The number of ether oxygens (including phenoxy) is 1. The Morgan fingerprint density at radius 2 is 1.13 bits per heavy atom. The predicted molar refractivity (Wildman–Crippen MR) is 119 cm³/mol. The van der Waals surface area contributed by atoms with E-state index in [1.807, 2.05) is 12.2 Å². The third-order valence-corrected chi connectivity index (χ3v) is 6.71. The Balaban J connectivity index is 0.000000648. The van der Waals surface area contributed by atoms with Crippen molar-refractivity contribution < 1.29 is 60.0 Å². The molecule has 0 N–H and O–H groups in total. The minimum absolute atomic E-state index is 0. The van der Waals surface area contributed by atoms with Crippen molar-refractivity contribution in [1.82, 2.24) is 0 Å². The van der Waals surface area contributed by atoms with Gasteiger partial charge in [-0.1, -0.05) is 109 Å². The third kappa shape index (κ3) is 8.87. The molecule has 1 aliphatic rings. The molecule has 6 heteroatoms. The van der Waals surface area contributed by atoms with Crippen LogP contribution in [0.25, 0.3) is 0 Å². The molecule has 0 saturated heterocycles. The second kappa shape index (κ2) is 16.2.